The minimum absolute atomic E-state index is 0.571. The molecule has 1 aromatic heterocycles. The number of thiol groups is 1. The zero-order valence-corrected chi connectivity index (χ0v) is 9.16. The summed E-state index contributed by atoms with van der Waals surface area (Å²) >= 11 is 4.53. The van der Waals surface area contributed by atoms with Gasteiger partial charge in [-0.25, -0.2) is 4.98 Å². The molecule has 0 amide bonds. The fourth-order valence-electron chi connectivity index (χ4n) is 2.00. The van der Waals surface area contributed by atoms with E-state index in [0.717, 1.165) is 5.82 Å². The quantitative estimate of drug-likeness (QED) is 0.752. The van der Waals surface area contributed by atoms with Crippen LogP contribution < -0.4 is 4.31 Å². The third kappa shape index (κ3) is 2.21. The molecule has 2 rings (SSSR count). The lowest BCUT2D eigenvalue weighted by Gasteiger charge is -2.30. The molecule has 1 aliphatic carbocycles. The van der Waals surface area contributed by atoms with Crippen LogP contribution in [0.25, 0.3) is 0 Å². The standard InChI is InChI=1S/C11H16N2S/c14-13(10-6-2-1-3-7-10)11-8-4-5-9-12-11/h4-5,8-10,14H,1-3,6-7H2. The van der Waals surface area contributed by atoms with Gasteiger partial charge in [0.05, 0.1) is 0 Å². The van der Waals surface area contributed by atoms with E-state index in [1.54, 1.807) is 0 Å². The molecule has 1 aromatic rings. The smallest absolute Gasteiger partial charge is 0.138 e. The van der Waals surface area contributed by atoms with E-state index in [-0.39, 0.29) is 0 Å². The molecular formula is C11H16N2S. The Balaban J connectivity index is 2.03. The van der Waals surface area contributed by atoms with Gasteiger partial charge < -0.3 is 4.31 Å². The van der Waals surface area contributed by atoms with E-state index in [2.05, 4.69) is 17.8 Å². The lowest BCUT2D eigenvalue weighted by molar-refractivity contribution is 0.446. The van der Waals surface area contributed by atoms with Crippen LogP contribution in [-0.4, -0.2) is 11.0 Å². The van der Waals surface area contributed by atoms with E-state index < -0.39 is 0 Å². The van der Waals surface area contributed by atoms with Crippen LogP contribution in [0.2, 0.25) is 0 Å². The zero-order valence-electron chi connectivity index (χ0n) is 8.26. The fraction of sp³-hybridized carbons (Fsp3) is 0.545. The van der Waals surface area contributed by atoms with Gasteiger partial charge in [0.1, 0.15) is 5.82 Å². The second-order valence-corrected chi connectivity index (χ2v) is 4.26. The van der Waals surface area contributed by atoms with Crippen LogP contribution in [-0.2, 0) is 0 Å². The SMILES string of the molecule is SN(c1ccccn1)C1CCCCC1. The maximum absolute atomic E-state index is 4.53. The number of pyridine rings is 1. The Hall–Kier alpha value is -0.700. The average Bonchev–Trinajstić information content (AvgIpc) is 2.30. The van der Waals surface area contributed by atoms with Crippen molar-refractivity contribution in [1.29, 1.82) is 0 Å². The lowest BCUT2D eigenvalue weighted by Crippen LogP contribution is -2.29. The highest BCUT2D eigenvalue weighted by Gasteiger charge is 2.19. The summed E-state index contributed by atoms with van der Waals surface area (Å²) < 4.78 is 2.03. The molecule has 0 bridgehead atoms. The van der Waals surface area contributed by atoms with Gasteiger partial charge in [0.25, 0.3) is 0 Å². The Kier molecular flexibility index (Phi) is 3.30. The van der Waals surface area contributed by atoms with Crippen LogP contribution in [0.3, 0.4) is 0 Å². The maximum atomic E-state index is 4.53. The highest BCUT2D eigenvalue weighted by molar-refractivity contribution is 7.81. The first-order valence-corrected chi connectivity index (χ1v) is 5.67. The molecule has 1 saturated carbocycles. The number of rotatable bonds is 2. The molecule has 0 atom stereocenters. The topological polar surface area (TPSA) is 16.1 Å². The first-order valence-electron chi connectivity index (χ1n) is 5.27. The molecule has 0 aliphatic heterocycles. The largest absolute Gasteiger partial charge is 0.300 e. The summed E-state index contributed by atoms with van der Waals surface area (Å²) in [7, 11) is 0. The summed E-state index contributed by atoms with van der Waals surface area (Å²) in [4.78, 5) is 4.30. The predicted molar refractivity (Wildman–Crippen MR) is 62.6 cm³/mol. The summed E-state index contributed by atoms with van der Waals surface area (Å²) in [6.07, 6.45) is 8.35. The van der Waals surface area contributed by atoms with Crippen molar-refractivity contribution in [2.75, 3.05) is 4.31 Å². The predicted octanol–water partition coefficient (Wildman–Crippen LogP) is 3.07. The van der Waals surface area contributed by atoms with Crippen LogP contribution in [0.5, 0.6) is 0 Å². The van der Waals surface area contributed by atoms with Crippen LogP contribution in [0.15, 0.2) is 24.4 Å². The van der Waals surface area contributed by atoms with Crippen molar-refractivity contribution >= 4 is 18.6 Å². The lowest BCUT2D eigenvalue weighted by atomic mass is 9.95. The van der Waals surface area contributed by atoms with Gasteiger partial charge in [-0.2, -0.15) is 0 Å². The Labute approximate surface area is 90.9 Å². The number of aromatic nitrogens is 1. The molecule has 3 heteroatoms. The van der Waals surface area contributed by atoms with Crippen molar-refractivity contribution in [1.82, 2.24) is 4.98 Å². The first-order chi connectivity index (χ1) is 6.88. The second kappa shape index (κ2) is 4.69. The molecule has 0 unspecified atom stereocenters. The van der Waals surface area contributed by atoms with Crippen molar-refractivity contribution < 1.29 is 0 Å². The van der Waals surface area contributed by atoms with Crippen LogP contribution in [0.1, 0.15) is 32.1 Å². The number of hydrogen-bond acceptors (Lipinski definition) is 3. The molecular weight excluding hydrogens is 192 g/mol. The van der Waals surface area contributed by atoms with E-state index in [4.69, 9.17) is 0 Å². The molecule has 76 valence electrons. The Morgan fingerprint density at radius 3 is 2.64 bits per heavy atom. The van der Waals surface area contributed by atoms with Gasteiger partial charge in [-0.3, -0.25) is 0 Å². The van der Waals surface area contributed by atoms with Gasteiger partial charge in [0.15, 0.2) is 0 Å². The first kappa shape index (κ1) is 9.84. The third-order valence-electron chi connectivity index (χ3n) is 2.80. The van der Waals surface area contributed by atoms with E-state index in [1.807, 2.05) is 28.7 Å². The highest BCUT2D eigenvalue weighted by atomic mass is 32.1. The van der Waals surface area contributed by atoms with Gasteiger partial charge >= 0.3 is 0 Å². The molecule has 14 heavy (non-hydrogen) atoms. The molecule has 0 spiro atoms. The van der Waals surface area contributed by atoms with Gasteiger partial charge in [-0.1, -0.05) is 38.1 Å². The van der Waals surface area contributed by atoms with Crippen LogP contribution >= 0.6 is 12.8 Å². The molecule has 1 aliphatic rings. The monoisotopic (exact) mass is 208 g/mol. The Bertz CT molecular complexity index is 270. The summed E-state index contributed by atoms with van der Waals surface area (Å²) in [5, 5.41) is 0. The average molecular weight is 208 g/mol. The van der Waals surface area contributed by atoms with Crippen molar-refractivity contribution in [3.05, 3.63) is 24.4 Å². The zero-order chi connectivity index (χ0) is 9.80. The van der Waals surface area contributed by atoms with Crippen LogP contribution in [0, 0.1) is 0 Å². The van der Waals surface area contributed by atoms with Gasteiger partial charge in [-0.15, -0.1) is 0 Å². The number of hydrogen-bond donors (Lipinski definition) is 1. The Morgan fingerprint density at radius 2 is 2.00 bits per heavy atom. The minimum atomic E-state index is 0.571. The van der Waals surface area contributed by atoms with Crippen molar-refractivity contribution in [3.8, 4) is 0 Å². The highest BCUT2D eigenvalue weighted by Crippen LogP contribution is 2.27. The van der Waals surface area contributed by atoms with Crippen molar-refractivity contribution in [2.45, 2.75) is 38.1 Å². The Morgan fingerprint density at radius 1 is 1.21 bits per heavy atom. The molecule has 2 nitrogen and oxygen atoms in total. The summed E-state index contributed by atoms with van der Waals surface area (Å²) in [6, 6.07) is 6.53. The molecule has 0 saturated heterocycles. The minimum Gasteiger partial charge on any atom is -0.300 e. The van der Waals surface area contributed by atoms with Crippen LogP contribution in [0.4, 0.5) is 5.82 Å². The van der Waals surface area contributed by atoms with E-state index in [9.17, 15) is 0 Å². The third-order valence-corrected chi connectivity index (χ3v) is 3.34. The maximum Gasteiger partial charge on any atom is 0.138 e. The molecule has 1 heterocycles. The van der Waals surface area contributed by atoms with Gasteiger partial charge in [-0.05, 0) is 25.0 Å². The van der Waals surface area contributed by atoms with E-state index in [0.29, 0.717) is 6.04 Å². The second-order valence-electron chi connectivity index (χ2n) is 3.82. The van der Waals surface area contributed by atoms with Gasteiger partial charge in [0.2, 0.25) is 0 Å². The molecule has 0 N–H and O–H groups in total. The molecule has 0 radical (unpaired) electrons. The van der Waals surface area contributed by atoms with Gasteiger partial charge in [0, 0.05) is 12.2 Å². The van der Waals surface area contributed by atoms with Crippen molar-refractivity contribution in [2.24, 2.45) is 0 Å². The fourth-order valence-corrected chi connectivity index (χ4v) is 2.35. The summed E-state index contributed by atoms with van der Waals surface area (Å²) in [6.45, 7) is 0. The molecule has 0 aromatic carbocycles. The summed E-state index contributed by atoms with van der Waals surface area (Å²) in [5.74, 6) is 0.975. The molecule has 1 fully saturated rings. The van der Waals surface area contributed by atoms with E-state index >= 15 is 0 Å². The van der Waals surface area contributed by atoms with Crippen molar-refractivity contribution in [3.63, 3.8) is 0 Å². The number of anilines is 1. The number of nitrogens with zero attached hydrogens (tertiary/aromatic N) is 2. The normalized spacial score (nSPS) is 18.1. The van der Waals surface area contributed by atoms with E-state index in [1.165, 1.54) is 32.1 Å². The summed E-state index contributed by atoms with van der Waals surface area (Å²) in [5.41, 5.74) is 0.